The summed E-state index contributed by atoms with van der Waals surface area (Å²) in [7, 11) is 0.0977. The number of quaternary nitrogens is 3. The molecule has 4 rings (SSSR count). The number of esters is 1. The summed E-state index contributed by atoms with van der Waals surface area (Å²) in [5, 5.41) is 6.09. The van der Waals surface area contributed by atoms with E-state index < -0.39 is 27.4 Å². The Kier molecular flexibility index (Phi) is 8.88. The van der Waals surface area contributed by atoms with Crippen molar-refractivity contribution in [1.29, 1.82) is 0 Å². The van der Waals surface area contributed by atoms with Gasteiger partial charge in [-0.25, -0.2) is 18.2 Å². The first kappa shape index (κ1) is 29.9. The maximum Gasteiger partial charge on any atom is 0.365 e. The minimum atomic E-state index is -3.88. The van der Waals surface area contributed by atoms with E-state index in [9.17, 15) is 18.0 Å². The number of nitrogens with one attached hydrogen (secondary N) is 3. The number of fused-ring (bicyclic) bond motifs is 1. The molecule has 1 unspecified atom stereocenters. The van der Waals surface area contributed by atoms with Crippen molar-refractivity contribution in [3.63, 3.8) is 0 Å². The number of carbonyl (C=O) groups is 2. The number of hydrogen-bond donors (Lipinski definition) is 5. The number of benzene rings is 3. The van der Waals surface area contributed by atoms with E-state index in [1.807, 2.05) is 38.5 Å². The van der Waals surface area contributed by atoms with Gasteiger partial charge in [0.05, 0.1) is 30.8 Å². The lowest BCUT2D eigenvalue weighted by Gasteiger charge is -2.23. The minimum absolute atomic E-state index is 0.127. The fourth-order valence-corrected chi connectivity index (χ4v) is 5.59. The molecular formula is C29H37N6O5S+3. The highest BCUT2D eigenvalue weighted by Crippen LogP contribution is 2.29. The number of carbonyl (C=O) groups excluding carboxylic acids is 2. The summed E-state index contributed by atoms with van der Waals surface area (Å²) in [5.74, 6) is -0.859. The first-order valence-corrected chi connectivity index (χ1v) is 14.7. The third kappa shape index (κ3) is 7.16. The monoisotopic (exact) mass is 581 g/mol. The van der Waals surface area contributed by atoms with Crippen molar-refractivity contribution in [2.45, 2.75) is 31.2 Å². The van der Waals surface area contributed by atoms with Crippen LogP contribution in [0.25, 0.3) is 10.8 Å². The zero-order chi connectivity index (χ0) is 29.8. The Morgan fingerprint density at radius 1 is 1.02 bits per heavy atom. The van der Waals surface area contributed by atoms with Gasteiger partial charge in [-0.05, 0) is 56.3 Å². The van der Waals surface area contributed by atoms with Crippen LogP contribution in [-0.2, 0) is 24.3 Å². The van der Waals surface area contributed by atoms with Gasteiger partial charge in [0.25, 0.3) is 10.0 Å². The second-order valence-electron chi connectivity index (χ2n) is 10.8. The summed E-state index contributed by atoms with van der Waals surface area (Å²) in [6, 6.07) is 16.6. The van der Waals surface area contributed by atoms with E-state index in [1.54, 1.807) is 68.0 Å². The molecule has 0 fully saturated rings. The number of nitrogens with zero attached hydrogens (tertiary/aromatic N) is 1. The molecule has 3 aromatic carbocycles. The van der Waals surface area contributed by atoms with Gasteiger partial charge < -0.3 is 20.7 Å². The molecule has 3 aromatic rings. The highest BCUT2D eigenvalue weighted by molar-refractivity contribution is 7.93. The molecule has 12 heteroatoms. The molecule has 1 heterocycles. The largest absolute Gasteiger partial charge is 0.460 e. The van der Waals surface area contributed by atoms with Crippen molar-refractivity contribution in [3.05, 3.63) is 72.6 Å². The molecule has 0 spiro atoms. The number of nitrogens with two attached hydrogens (primary N) is 1. The Morgan fingerprint density at radius 2 is 1.68 bits per heavy atom. The molecule has 0 aliphatic carbocycles. The summed E-state index contributed by atoms with van der Waals surface area (Å²) >= 11 is 0. The summed E-state index contributed by atoms with van der Waals surface area (Å²) in [4.78, 5) is 30.7. The Hall–Kier alpha value is -4.10. The van der Waals surface area contributed by atoms with Crippen molar-refractivity contribution in [2.24, 2.45) is 10.4 Å². The van der Waals surface area contributed by atoms with Crippen LogP contribution in [0.15, 0.2) is 82.4 Å². The van der Waals surface area contributed by atoms with Crippen LogP contribution in [0, 0.1) is 5.41 Å². The predicted molar refractivity (Wildman–Crippen MR) is 157 cm³/mol. The van der Waals surface area contributed by atoms with Gasteiger partial charge in [-0.3, -0.25) is 14.8 Å². The van der Waals surface area contributed by atoms with Crippen LogP contribution in [0.5, 0.6) is 0 Å². The van der Waals surface area contributed by atoms with Gasteiger partial charge in [0, 0.05) is 22.1 Å². The molecule has 8 N–H and O–H groups in total. The van der Waals surface area contributed by atoms with E-state index in [0.717, 1.165) is 21.7 Å². The summed E-state index contributed by atoms with van der Waals surface area (Å²) in [6.45, 7) is 3.21. The van der Waals surface area contributed by atoms with Crippen molar-refractivity contribution in [3.8, 4) is 0 Å². The molecule has 1 aliphatic rings. The SMILES string of the molecule is C[NH+](C)c1cccc2c(S(=O)(=O)Nc3ccc(NC(=O)C(C)(C)COC(=O)C([NH3+])CC4=C[NH2+]C=N4)cc3)cccc12. The van der Waals surface area contributed by atoms with E-state index in [0.29, 0.717) is 23.2 Å². The van der Waals surface area contributed by atoms with Crippen LogP contribution in [0.3, 0.4) is 0 Å². The van der Waals surface area contributed by atoms with E-state index in [2.05, 4.69) is 20.8 Å². The summed E-state index contributed by atoms with van der Waals surface area (Å²) in [5.41, 5.74) is 5.39. The third-order valence-corrected chi connectivity index (χ3v) is 8.14. The molecule has 1 atom stereocenters. The van der Waals surface area contributed by atoms with Gasteiger partial charge in [-0.1, -0.05) is 18.2 Å². The topological polar surface area (TPSA) is 163 Å². The van der Waals surface area contributed by atoms with Crippen LogP contribution in [0.4, 0.5) is 17.1 Å². The standard InChI is InChI=1S/C29H34N6O5S/c1-29(2,17-40-27(36)24(30)15-21-16-31-18-32-21)28(37)33-19-11-13-20(14-12-19)34-41(38,39)26-10-6-7-22-23(26)8-5-9-25(22)35(3)4/h5-14,16,18,24,34H,15,17,30H2,1-4H3,(H,31,32)(H,33,37)/p+3. The number of ether oxygens (including phenoxy) is 1. The second kappa shape index (κ2) is 12.2. The molecule has 0 saturated carbocycles. The normalized spacial score (nSPS) is 14.1. The van der Waals surface area contributed by atoms with E-state index in [-0.39, 0.29) is 17.4 Å². The quantitative estimate of drug-likeness (QED) is 0.206. The van der Waals surface area contributed by atoms with Crippen molar-refractivity contribution in [2.75, 3.05) is 30.7 Å². The number of hydrogen-bond acceptors (Lipinski definition) is 6. The molecule has 1 amide bonds. The third-order valence-electron chi connectivity index (χ3n) is 6.70. The van der Waals surface area contributed by atoms with E-state index in [4.69, 9.17) is 4.74 Å². The van der Waals surface area contributed by atoms with E-state index >= 15 is 0 Å². The second-order valence-corrected chi connectivity index (χ2v) is 12.5. The predicted octanol–water partition coefficient (Wildman–Crippen LogP) is 0.372. The molecule has 11 nitrogen and oxygen atoms in total. The maximum atomic E-state index is 13.3. The number of aliphatic imine (C=N–C) groups is 1. The van der Waals surface area contributed by atoms with Crippen molar-refractivity contribution < 1.29 is 38.7 Å². The van der Waals surface area contributed by atoms with Crippen molar-refractivity contribution >= 4 is 56.1 Å². The lowest BCUT2D eigenvalue weighted by atomic mass is 9.93. The molecule has 41 heavy (non-hydrogen) atoms. The summed E-state index contributed by atoms with van der Waals surface area (Å²) in [6.07, 6.45) is 3.81. The number of rotatable bonds is 11. The zero-order valence-corrected chi connectivity index (χ0v) is 24.4. The Labute approximate surface area is 239 Å². The van der Waals surface area contributed by atoms with Gasteiger partial charge in [-0.2, -0.15) is 0 Å². The van der Waals surface area contributed by atoms with Gasteiger partial charge in [0.2, 0.25) is 5.91 Å². The van der Waals surface area contributed by atoms with E-state index in [1.165, 1.54) is 0 Å². The smallest absolute Gasteiger partial charge is 0.365 e. The van der Waals surface area contributed by atoms with Crippen molar-refractivity contribution in [1.82, 2.24) is 0 Å². The molecule has 0 saturated heterocycles. The molecule has 0 bridgehead atoms. The Bertz CT molecular complexity index is 1610. The maximum absolute atomic E-state index is 13.3. The van der Waals surface area contributed by atoms with Crippen LogP contribution < -0.4 is 26.0 Å². The number of anilines is 2. The van der Waals surface area contributed by atoms with Gasteiger partial charge in [0.15, 0.2) is 12.4 Å². The van der Waals surface area contributed by atoms with Crippen LogP contribution in [0.2, 0.25) is 0 Å². The van der Waals surface area contributed by atoms with Crippen LogP contribution >= 0.6 is 0 Å². The highest BCUT2D eigenvalue weighted by Gasteiger charge is 2.32. The fraction of sp³-hybridized carbons (Fsp3) is 0.276. The minimum Gasteiger partial charge on any atom is -0.460 e. The molecule has 0 aromatic heterocycles. The lowest BCUT2D eigenvalue weighted by molar-refractivity contribution is -0.785. The molecule has 216 valence electrons. The highest BCUT2D eigenvalue weighted by atomic mass is 32.2. The first-order valence-electron chi connectivity index (χ1n) is 13.2. The Balaban J connectivity index is 1.38. The van der Waals surface area contributed by atoms with Crippen LogP contribution in [-0.4, -0.2) is 53.4 Å². The lowest BCUT2D eigenvalue weighted by Crippen LogP contribution is -3.00. The Morgan fingerprint density at radius 3 is 2.34 bits per heavy atom. The average Bonchev–Trinajstić information content (AvgIpc) is 3.44. The van der Waals surface area contributed by atoms with Gasteiger partial charge in [-0.15, -0.1) is 0 Å². The average molecular weight is 582 g/mol. The molecular weight excluding hydrogens is 544 g/mol. The van der Waals surface area contributed by atoms with Gasteiger partial charge in [0.1, 0.15) is 24.2 Å². The zero-order valence-electron chi connectivity index (χ0n) is 23.6. The van der Waals surface area contributed by atoms with Crippen LogP contribution in [0.1, 0.15) is 20.3 Å². The summed E-state index contributed by atoms with van der Waals surface area (Å²) < 4.78 is 34.6. The first-order chi connectivity index (χ1) is 19.4. The molecule has 0 radical (unpaired) electrons. The van der Waals surface area contributed by atoms with Gasteiger partial charge >= 0.3 is 5.97 Å². The fourth-order valence-electron chi connectivity index (χ4n) is 4.31. The number of sulfonamides is 1. The number of amides is 1. The molecule has 1 aliphatic heterocycles.